The van der Waals surface area contributed by atoms with Gasteiger partial charge in [-0.3, -0.25) is 14.4 Å². The van der Waals surface area contributed by atoms with Gasteiger partial charge in [0.05, 0.1) is 11.4 Å². The minimum absolute atomic E-state index is 0.0706. The van der Waals surface area contributed by atoms with E-state index in [2.05, 4.69) is 11.2 Å². The van der Waals surface area contributed by atoms with Crippen LogP contribution in [0.5, 0.6) is 0 Å². The van der Waals surface area contributed by atoms with Gasteiger partial charge >= 0.3 is 0 Å². The number of fused-ring (bicyclic) bond motifs is 2. The highest BCUT2D eigenvalue weighted by Crippen LogP contribution is 2.42. The number of nitrogens with zero attached hydrogens (tertiary/aromatic N) is 4. The third-order valence-electron chi connectivity index (χ3n) is 4.31. The Bertz CT molecular complexity index is 930. The van der Waals surface area contributed by atoms with Crippen molar-refractivity contribution >= 4 is 28.8 Å². The zero-order valence-corrected chi connectivity index (χ0v) is 13.9. The van der Waals surface area contributed by atoms with Crippen molar-refractivity contribution < 1.29 is 4.79 Å². The van der Waals surface area contributed by atoms with Gasteiger partial charge in [-0.25, -0.2) is 0 Å². The minimum Gasteiger partial charge on any atom is -0.326 e. The summed E-state index contributed by atoms with van der Waals surface area (Å²) in [5, 5.41) is 4.49. The average Bonchev–Trinajstić information content (AvgIpc) is 2.95. The maximum absolute atomic E-state index is 13.3. The molecule has 1 aromatic heterocycles. The van der Waals surface area contributed by atoms with E-state index >= 15 is 0 Å². The summed E-state index contributed by atoms with van der Waals surface area (Å²) in [5.74, 6) is 0.603. The smallest absolute Gasteiger partial charge is 0.268 e. The summed E-state index contributed by atoms with van der Waals surface area (Å²) in [5.41, 5.74) is 4.40. The normalized spacial score (nSPS) is 13.5. The second-order valence-electron chi connectivity index (χ2n) is 6.07. The van der Waals surface area contributed by atoms with Crippen molar-refractivity contribution in [3.63, 3.8) is 0 Å². The molecular weight excluding hydrogens is 300 g/mol. The summed E-state index contributed by atoms with van der Waals surface area (Å²) in [6.07, 6.45) is 1.78. The second kappa shape index (κ2) is 5.23. The lowest BCUT2D eigenvalue weighted by Gasteiger charge is -2.25. The van der Waals surface area contributed by atoms with Gasteiger partial charge in [-0.15, -0.1) is 0 Å². The standard InChI is InChI=1S/C19H18N4O/c1-13-9-10-16-17(11-13)22(3)18-15(12-21(2)20-18)19(24)23(16)14-7-5-4-6-8-14/h4-12H,1-3H3. The van der Waals surface area contributed by atoms with Gasteiger partial charge in [0.1, 0.15) is 5.56 Å². The first-order chi connectivity index (χ1) is 11.6. The first-order valence-electron chi connectivity index (χ1n) is 7.84. The maximum atomic E-state index is 13.3. The van der Waals surface area contributed by atoms with E-state index in [-0.39, 0.29) is 5.91 Å². The zero-order chi connectivity index (χ0) is 16.8. The summed E-state index contributed by atoms with van der Waals surface area (Å²) >= 11 is 0. The van der Waals surface area contributed by atoms with Crippen LogP contribution in [0.3, 0.4) is 0 Å². The molecule has 0 spiro atoms. The van der Waals surface area contributed by atoms with E-state index in [9.17, 15) is 4.79 Å². The molecule has 5 heteroatoms. The Hall–Kier alpha value is -3.08. The predicted octanol–water partition coefficient (Wildman–Crippen LogP) is 3.79. The third kappa shape index (κ3) is 2.09. The number of rotatable bonds is 1. The summed E-state index contributed by atoms with van der Waals surface area (Å²) in [4.78, 5) is 17.0. The highest BCUT2D eigenvalue weighted by atomic mass is 16.2. The molecule has 0 saturated carbocycles. The van der Waals surface area contributed by atoms with Gasteiger partial charge in [-0.1, -0.05) is 24.3 Å². The number of anilines is 4. The average molecular weight is 318 g/mol. The van der Waals surface area contributed by atoms with E-state index in [1.165, 1.54) is 0 Å². The molecule has 0 atom stereocenters. The van der Waals surface area contributed by atoms with Gasteiger partial charge in [-0.2, -0.15) is 5.10 Å². The fourth-order valence-electron chi connectivity index (χ4n) is 3.14. The number of carbonyl (C=O) groups excluding carboxylic acids is 1. The van der Waals surface area contributed by atoms with Crippen molar-refractivity contribution in [3.05, 3.63) is 65.9 Å². The van der Waals surface area contributed by atoms with Crippen LogP contribution >= 0.6 is 0 Å². The Balaban J connectivity index is 2.03. The van der Waals surface area contributed by atoms with Gasteiger partial charge in [0.2, 0.25) is 0 Å². The first-order valence-corrected chi connectivity index (χ1v) is 7.84. The summed E-state index contributed by atoms with van der Waals surface area (Å²) in [7, 11) is 3.78. The molecule has 0 unspecified atom stereocenters. The fraction of sp³-hybridized carbons (Fsp3) is 0.158. The molecule has 1 aliphatic rings. The number of amides is 1. The van der Waals surface area contributed by atoms with Crippen molar-refractivity contribution in [2.24, 2.45) is 7.05 Å². The second-order valence-corrected chi connectivity index (χ2v) is 6.07. The molecule has 5 nitrogen and oxygen atoms in total. The molecule has 24 heavy (non-hydrogen) atoms. The van der Waals surface area contributed by atoms with Crippen LogP contribution in [0.25, 0.3) is 0 Å². The van der Waals surface area contributed by atoms with Crippen LogP contribution in [0.2, 0.25) is 0 Å². The molecule has 3 aromatic rings. The zero-order valence-electron chi connectivity index (χ0n) is 13.9. The molecule has 120 valence electrons. The summed E-state index contributed by atoms with van der Waals surface area (Å²) in [6.45, 7) is 2.05. The number of aryl methyl sites for hydroxylation is 2. The molecule has 1 aliphatic heterocycles. The summed E-state index contributed by atoms with van der Waals surface area (Å²) < 4.78 is 1.68. The van der Waals surface area contributed by atoms with Crippen molar-refractivity contribution in [1.29, 1.82) is 0 Å². The van der Waals surface area contributed by atoms with Crippen molar-refractivity contribution in [2.45, 2.75) is 6.92 Å². The molecule has 2 heterocycles. The molecule has 0 radical (unpaired) electrons. The molecule has 0 fully saturated rings. The van der Waals surface area contributed by atoms with Crippen molar-refractivity contribution in [3.8, 4) is 0 Å². The van der Waals surface area contributed by atoms with Crippen molar-refractivity contribution in [2.75, 3.05) is 16.8 Å². The quantitative estimate of drug-likeness (QED) is 0.685. The number of hydrogen-bond donors (Lipinski definition) is 0. The number of para-hydroxylation sites is 1. The molecule has 4 rings (SSSR count). The molecule has 0 N–H and O–H groups in total. The molecule has 2 aromatic carbocycles. The monoisotopic (exact) mass is 318 g/mol. The summed E-state index contributed by atoms with van der Waals surface area (Å²) in [6, 6.07) is 15.8. The van der Waals surface area contributed by atoms with Crippen LogP contribution < -0.4 is 9.80 Å². The van der Waals surface area contributed by atoms with Gasteiger partial charge in [0.25, 0.3) is 5.91 Å². The van der Waals surface area contributed by atoms with E-state index in [0.717, 1.165) is 22.6 Å². The lowest BCUT2D eigenvalue weighted by Crippen LogP contribution is -2.25. The topological polar surface area (TPSA) is 41.4 Å². The van der Waals surface area contributed by atoms with E-state index in [4.69, 9.17) is 0 Å². The predicted molar refractivity (Wildman–Crippen MR) is 95.4 cm³/mol. The van der Waals surface area contributed by atoms with Crippen LogP contribution in [-0.2, 0) is 7.05 Å². The molecule has 1 amide bonds. The Labute approximate surface area is 140 Å². The van der Waals surface area contributed by atoms with Crippen LogP contribution in [0.15, 0.2) is 54.7 Å². The van der Waals surface area contributed by atoms with Gasteiger partial charge in [0, 0.05) is 26.0 Å². The fourth-order valence-corrected chi connectivity index (χ4v) is 3.14. The molecule has 0 saturated heterocycles. The van der Waals surface area contributed by atoms with E-state index in [0.29, 0.717) is 11.4 Å². The highest BCUT2D eigenvalue weighted by molar-refractivity contribution is 6.17. The molecule has 0 bridgehead atoms. The minimum atomic E-state index is -0.0706. The third-order valence-corrected chi connectivity index (χ3v) is 4.31. The number of hydrogen-bond acceptors (Lipinski definition) is 3. The van der Waals surface area contributed by atoms with Gasteiger partial charge in [0.15, 0.2) is 5.82 Å². The lowest BCUT2D eigenvalue weighted by molar-refractivity contribution is 0.100. The van der Waals surface area contributed by atoms with Gasteiger partial charge < -0.3 is 4.90 Å². The first kappa shape index (κ1) is 14.5. The Morgan fingerprint density at radius 3 is 2.46 bits per heavy atom. The van der Waals surface area contributed by atoms with Crippen molar-refractivity contribution in [1.82, 2.24) is 9.78 Å². The number of carbonyl (C=O) groups is 1. The molecular formula is C19H18N4O. The van der Waals surface area contributed by atoms with E-state index in [1.54, 1.807) is 15.8 Å². The number of benzene rings is 2. The Morgan fingerprint density at radius 2 is 1.71 bits per heavy atom. The highest BCUT2D eigenvalue weighted by Gasteiger charge is 2.32. The van der Waals surface area contributed by atoms with Crippen LogP contribution in [0.4, 0.5) is 22.9 Å². The van der Waals surface area contributed by atoms with E-state index < -0.39 is 0 Å². The van der Waals surface area contributed by atoms with E-state index in [1.807, 2.05) is 68.4 Å². The SMILES string of the molecule is Cc1ccc2c(c1)N(C)c1nn(C)cc1C(=O)N2c1ccccc1. The van der Waals surface area contributed by atoms with Crippen LogP contribution in [0, 0.1) is 6.92 Å². The maximum Gasteiger partial charge on any atom is 0.268 e. The van der Waals surface area contributed by atoms with Crippen LogP contribution in [-0.4, -0.2) is 22.7 Å². The lowest BCUT2D eigenvalue weighted by atomic mass is 10.1. The van der Waals surface area contributed by atoms with Crippen LogP contribution in [0.1, 0.15) is 15.9 Å². The molecule has 0 aliphatic carbocycles. The number of aromatic nitrogens is 2. The largest absolute Gasteiger partial charge is 0.326 e. The Kier molecular flexibility index (Phi) is 3.16. The Morgan fingerprint density at radius 1 is 0.958 bits per heavy atom. The van der Waals surface area contributed by atoms with Gasteiger partial charge in [-0.05, 0) is 36.8 Å².